The minimum atomic E-state index is -0.444. The highest BCUT2D eigenvalue weighted by molar-refractivity contribution is 7.17. The monoisotopic (exact) mass is 423 g/mol. The maximum absolute atomic E-state index is 12.8. The Morgan fingerprint density at radius 1 is 0.967 bits per heavy atom. The fourth-order valence-electron chi connectivity index (χ4n) is 3.21. The predicted octanol–water partition coefficient (Wildman–Crippen LogP) is 5.48. The maximum atomic E-state index is 12.8. The average molecular weight is 424 g/mol. The molecule has 0 atom stereocenters. The molecule has 6 heteroatoms. The van der Waals surface area contributed by atoms with E-state index in [1.807, 2.05) is 68.4 Å². The Kier molecular flexibility index (Phi) is 7.25. The van der Waals surface area contributed by atoms with Gasteiger partial charge in [0.05, 0.1) is 19.6 Å². The highest BCUT2D eigenvalue weighted by Gasteiger charge is 2.25. The largest absolute Gasteiger partial charge is 0.494 e. The molecule has 3 aromatic rings. The topological polar surface area (TPSA) is 64.6 Å². The van der Waals surface area contributed by atoms with E-state index < -0.39 is 5.97 Å². The van der Waals surface area contributed by atoms with E-state index in [0.717, 1.165) is 27.3 Å². The van der Waals surface area contributed by atoms with Gasteiger partial charge in [0, 0.05) is 10.4 Å². The van der Waals surface area contributed by atoms with Gasteiger partial charge in [-0.05, 0) is 44.0 Å². The zero-order valence-corrected chi connectivity index (χ0v) is 18.2. The highest BCUT2D eigenvalue weighted by atomic mass is 32.1. The number of carbonyl (C=O) groups is 2. The molecule has 0 aliphatic rings. The maximum Gasteiger partial charge on any atom is 0.341 e. The SMILES string of the molecule is CCOC(=O)c1c(NC(=O)Cc2ccccc2)sc(C)c1-c1ccc(OCC)cc1. The average Bonchev–Trinajstić information content (AvgIpc) is 3.05. The molecule has 1 heterocycles. The van der Waals surface area contributed by atoms with Crippen molar-refractivity contribution >= 4 is 28.2 Å². The van der Waals surface area contributed by atoms with Crippen LogP contribution in [0.15, 0.2) is 54.6 Å². The lowest BCUT2D eigenvalue weighted by molar-refractivity contribution is -0.115. The van der Waals surface area contributed by atoms with Crippen molar-refractivity contribution in [3.63, 3.8) is 0 Å². The molecule has 30 heavy (non-hydrogen) atoms. The third-order valence-electron chi connectivity index (χ3n) is 4.48. The van der Waals surface area contributed by atoms with Crippen molar-refractivity contribution in [2.75, 3.05) is 18.5 Å². The first-order valence-corrected chi connectivity index (χ1v) is 10.7. The van der Waals surface area contributed by atoms with Gasteiger partial charge in [0.15, 0.2) is 0 Å². The number of rotatable bonds is 8. The predicted molar refractivity (Wildman–Crippen MR) is 120 cm³/mol. The number of ether oxygens (including phenoxy) is 2. The first kappa shape index (κ1) is 21.6. The second kappa shape index (κ2) is 10.1. The van der Waals surface area contributed by atoms with Crippen molar-refractivity contribution in [3.05, 3.63) is 70.6 Å². The van der Waals surface area contributed by atoms with Gasteiger partial charge >= 0.3 is 5.97 Å². The fourth-order valence-corrected chi connectivity index (χ4v) is 4.30. The second-order valence-corrected chi connectivity index (χ2v) is 7.85. The van der Waals surface area contributed by atoms with E-state index in [2.05, 4.69) is 5.32 Å². The Hall–Kier alpha value is -3.12. The second-order valence-electron chi connectivity index (χ2n) is 6.63. The Morgan fingerprint density at radius 3 is 2.30 bits per heavy atom. The van der Waals surface area contributed by atoms with E-state index in [0.29, 0.717) is 17.2 Å². The third-order valence-corrected chi connectivity index (χ3v) is 5.50. The number of hydrogen-bond acceptors (Lipinski definition) is 5. The van der Waals surface area contributed by atoms with Crippen LogP contribution >= 0.6 is 11.3 Å². The summed E-state index contributed by atoms with van der Waals surface area (Å²) in [5.74, 6) is 0.148. The molecular weight excluding hydrogens is 398 g/mol. The number of benzene rings is 2. The van der Waals surface area contributed by atoms with Gasteiger partial charge in [-0.2, -0.15) is 0 Å². The Labute approximate surface area is 180 Å². The van der Waals surface area contributed by atoms with Gasteiger partial charge in [-0.3, -0.25) is 4.79 Å². The molecule has 1 amide bonds. The van der Waals surface area contributed by atoms with Crippen LogP contribution < -0.4 is 10.1 Å². The van der Waals surface area contributed by atoms with Gasteiger partial charge < -0.3 is 14.8 Å². The quantitative estimate of drug-likeness (QED) is 0.487. The summed E-state index contributed by atoms with van der Waals surface area (Å²) >= 11 is 1.38. The van der Waals surface area contributed by atoms with Crippen LogP contribution in [0.2, 0.25) is 0 Å². The molecule has 1 N–H and O–H groups in total. The molecule has 1 aromatic heterocycles. The molecule has 0 aliphatic carbocycles. The van der Waals surface area contributed by atoms with Gasteiger partial charge in [0.25, 0.3) is 0 Å². The van der Waals surface area contributed by atoms with Gasteiger partial charge in [0.1, 0.15) is 16.3 Å². The summed E-state index contributed by atoms with van der Waals surface area (Å²) < 4.78 is 10.8. The van der Waals surface area contributed by atoms with Crippen LogP contribution in [-0.4, -0.2) is 25.1 Å². The Morgan fingerprint density at radius 2 is 1.67 bits per heavy atom. The number of carbonyl (C=O) groups excluding carboxylic acids is 2. The molecule has 0 saturated carbocycles. The molecule has 0 spiro atoms. The summed E-state index contributed by atoms with van der Waals surface area (Å²) in [5, 5.41) is 3.43. The lowest BCUT2D eigenvalue weighted by atomic mass is 10.0. The molecule has 0 bridgehead atoms. The van der Waals surface area contributed by atoms with Crippen molar-refractivity contribution in [2.45, 2.75) is 27.2 Å². The first-order chi connectivity index (χ1) is 14.5. The van der Waals surface area contributed by atoms with Crippen molar-refractivity contribution in [1.82, 2.24) is 0 Å². The number of esters is 1. The molecule has 0 saturated heterocycles. The first-order valence-electron chi connectivity index (χ1n) is 9.91. The molecule has 5 nitrogen and oxygen atoms in total. The van der Waals surface area contributed by atoms with Gasteiger partial charge in [-0.1, -0.05) is 42.5 Å². The third kappa shape index (κ3) is 5.07. The number of anilines is 1. The molecule has 0 radical (unpaired) electrons. The summed E-state index contributed by atoms with van der Waals surface area (Å²) in [6, 6.07) is 17.1. The Bertz CT molecular complexity index is 1010. The van der Waals surface area contributed by atoms with E-state index >= 15 is 0 Å². The van der Waals surface area contributed by atoms with Crippen LogP contribution in [0.4, 0.5) is 5.00 Å². The summed E-state index contributed by atoms with van der Waals surface area (Å²) in [7, 11) is 0. The summed E-state index contributed by atoms with van der Waals surface area (Å²) in [5.41, 5.74) is 2.95. The summed E-state index contributed by atoms with van der Waals surface area (Å²) in [4.78, 5) is 26.3. The normalized spacial score (nSPS) is 10.5. The van der Waals surface area contributed by atoms with E-state index in [4.69, 9.17) is 9.47 Å². The summed E-state index contributed by atoms with van der Waals surface area (Å²) in [6.07, 6.45) is 0.235. The molecular formula is C24H25NO4S. The highest BCUT2D eigenvalue weighted by Crippen LogP contribution is 2.41. The minimum Gasteiger partial charge on any atom is -0.494 e. The van der Waals surface area contributed by atoms with E-state index in [1.54, 1.807) is 6.92 Å². The van der Waals surface area contributed by atoms with Crippen LogP contribution in [0.1, 0.15) is 34.6 Å². The van der Waals surface area contributed by atoms with Crippen LogP contribution in [0.3, 0.4) is 0 Å². The lowest BCUT2D eigenvalue weighted by Crippen LogP contribution is -2.16. The minimum absolute atomic E-state index is 0.175. The Balaban J connectivity index is 1.94. The van der Waals surface area contributed by atoms with Crippen LogP contribution in [0.5, 0.6) is 5.75 Å². The van der Waals surface area contributed by atoms with Crippen molar-refractivity contribution in [3.8, 4) is 16.9 Å². The number of aryl methyl sites for hydroxylation is 1. The smallest absolute Gasteiger partial charge is 0.341 e. The van der Waals surface area contributed by atoms with E-state index in [9.17, 15) is 9.59 Å². The zero-order chi connectivity index (χ0) is 21.5. The molecule has 0 fully saturated rings. The lowest BCUT2D eigenvalue weighted by Gasteiger charge is -2.10. The van der Waals surface area contributed by atoms with Crippen LogP contribution in [0.25, 0.3) is 11.1 Å². The zero-order valence-electron chi connectivity index (χ0n) is 17.4. The fraction of sp³-hybridized carbons (Fsp3) is 0.250. The number of nitrogens with one attached hydrogen (secondary N) is 1. The molecule has 3 rings (SSSR count). The van der Waals surface area contributed by atoms with Crippen molar-refractivity contribution in [2.24, 2.45) is 0 Å². The molecule has 0 unspecified atom stereocenters. The standard InChI is InChI=1S/C24H25NO4S/c1-4-28-19-13-11-18(12-14-19)21-16(3)30-23(22(21)24(27)29-5-2)25-20(26)15-17-9-7-6-8-10-17/h6-14H,4-5,15H2,1-3H3,(H,25,26). The number of amides is 1. The van der Waals surface area contributed by atoms with Gasteiger partial charge in [-0.15, -0.1) is 11.3 Å². The molecule has 2 aromatic carbocycles. The van der Waals surface area contributed by atoms with Crippen LogP contribution in [0, 0.1) is 6.92 Å². The molecule has 0 aliphatic heterocycles. The number of hydrogen-bond donors (Lipinski definition) is 1. The van der Waals surface area contributed by atoms with Gasteiger partial charge in [0.2, 0.25) is 5.91 Å². The number of thiophene rings is 1. The molecule has 156 valence electrons. The van der Waals surface area contributed by atoms with Crippen molar-refractivity contribution < 1.29 is 19.1 Å². The van der Waals surface area contributed by atoms with E-state index in [-0.39, 0.29) is 18.9 Å². The van der Waals surface area contributed by atoms with Crippen molar-refractivity contribution in [1.29, 1.82) is 0 Å². The van der Waals surface area contributed by atoms with Crippen LogP contribution in [-0.2, 0) is 16.0 Å². The summed E-state index contributed by atoms with van der Waals surface area (Å²) in [6.45, 7) is 6.48. The van der Waals surface area contributed by atoms with E-state index in [1.165, 1.54) is 11.3 Å². The van der Waals surface area contributed by atoms with Gasteiger partial charge in [-0.25, -0.2) is 4.79 Å².